The van der Waals surface area contributed by atoms with Crippen molar-refractivity contribution in [2.24, 2.45) is 29.6 Å². The van der Waals surface area contributed by atoms with Crippen LogP contribution >= 0.6 is 0 Å². The molecule has 1 aliphatic carbocycles. The van der Waals surface area contributed by atoms with Crippen LogP contribution in [0.4, 0.5) is 0 Å². The maximum absolute atomic E-state index is 9.32. The van der Waals surface area contributed by atoms with E-state index in [1.807, 2.05) is 0 Å². The maximum Gasteiger partial charge on any atom is 0.0483 e. The van der Waals surface area contributed by atoms with Gasteiger partial charge in [-0.2, -0.15) is 0 Å². The van der Waals surface area contributed by atoms with Gasteiger partial charge >= 0.3 is 0 Å². The fourth-order valence-electron chi connectivity index (χ4n) is 2.96. The Hall–Kier alpha value is -0.120. The average molecular weight is 230 g/mol. The molecule has 0 amide bonds. The molecule has 3 nitrogen and oxygen atoms in total. The number of hydrogen-bond acceptors (Lipinski definition) is 3. The molecule has 0 saturated heterocycles. The van der Waals surface area contributed by atoms with Crippen molar-refractivity contribution in [1.29, 1.82) is 0 Å². The van der Waals surface area contributed by atoms with Crippen molar-refractivity contribution < 1.29 is 15.3 Å². The fraction of sp³-hybridized carbons (Fsp3) is 1.00. The average Bonchev–Trinajstić information content (AvgIpc) is 2.31. The highest BCUT2D eigenvalue weighted by molar-refractivity contribution is 4.82. The van der Waals surface area contributed by atoms with Crippen LogP contribution in [0.2, 0.25) is 0 Å². The summed E-state index contributed by atoms with van der Waals surface area (Å²) in [4.78, 5) is 0. The number of aliphatic hydroxyl groups is 3. The molecule has 0 aromatic carbocycles. The minimum atomic E-state index is -0.00208. The normalized spacial score (nSPS) is 33.0. The molecule has 0 heterocycles. The molecule has 1 aliphatic rings. The molecule has 16 heavy (non-hydrogen) atoms. The van der Waals surface area contributed by atoms with Crippen molar-refractivity contribution in [3.8, 4) is 0 Å². The van der Waals surface area contributed by atoms with Crippen LogP contribution < -0.4 is 0 Å². The molecule has 0 aromatic rings. The minimum absolute atomic E-state index is 0.00208. The molecule has 0 spiro atoms. The Labute approximate surface area is 98.5 Å². The monoisotopic (exact) mass is 230 g/mol. The van der Waals surface area contributed by atoms with Gasteiger partial charge in [0.05, 0.1) is 0 Å². The van der Waals surface area contributed by atoms with E-state index in [1.165, 1.54) is 0 Å². The van der Waals surface area contributed by atoms with Gasteiger partial charge in [-0.3, -0.25) is 0 Å². The van der Waals surface area contributed by atoms with Gasteiger partial charge in [0.15, 0.2) is 0 Å². The summed E-state index contributed by atoms with van der Waals surface area (Å²) in [5.74, 6) is 1.89. The molecule has 3 N–H and O–H groups in total. The Balaban J connectivity index is 2.53. The van der Waals surface area contributed by atoms with E-state index < -0.39 is 0 Å². The van der Waals surface area contributed by atoms with E-state index in [9.17, 15) is 15.3 Å². The van der Waals surface area contributed by atoms with Gasteiger partial charge in [0.1, 0.15) is 0 Å². The molecule has 1 fully saturated rings. The Morgan fingerprint density at radius 1 is 1.12 bits per heavy atom. The van der Waals surface area contributed by atoms with E-state index in [2.05, 4.69) is 13.8 Å². The molecule has 0 radical (unpaired) electrons. The third kappa shape index (κ3) is 3.19. The third-order valence-electron chi connectivity index (χ3n) is 4.59. The summed E-state index contributed by atoms with van der Waals surface area (Å²) in [7, 11) is 0. The highest BCUT2D eigenvalue weighted by Gasteiger charge is 2.32. The lowest BCUT2D eigenvalue weighted by atomic mass is 9.68. The molecular formula is C13H26O3. The van der Waals surface area contributed by atoms with Crippen LogP contribution in [-0.2, 0) is 0 Å². The molecule has 96 valence electrons. The highest BCUT2D eigenvalue weighted by Crippen LogP contribution is 2.39. The second kappa shape index (κ2) is 6.58. The van der Waals surface area contributed by atoms with Crippen molar-refractivity contribution in [2.75, 3.05) is 19.8 Å². The second-order valence-corrected chi connectivity index (χ2v) is 5.48. The van der Waals surface area contributed by atoms with Gasteiger partial charge in [-0.1, -0.05) is 20.3 Å². The largest absolute Gasteiger partial charge is 0.396 e. The molecule has 3 heteroatoms. The zero-order chi connectivity index (χ0) is 12.1. The lowest BCUT2D eigenvalue weighted by Crippen LogP contribution is -2.33. The van der Waals surface area contributed by atoms with Crippen molar-refractivity contribution in [1.82, 2.24) is 0 Å². The van der Waals surface area contributed by atoms with Crippen molar-refractivity contribution in [3.63, 3.8) is 0 Å². The van der Waals surface area contributed by atoms with Gasteiger partial charge < -0.3 is 15.3 Å². The van der Waals surface area contributed by atoms with E-state index in [0.717, 1.165) is 19.3 Å². The first kappa shape index (κ1) is 13.9. The van der Waals surface area contributed by atoms with Crippen molar-refractivity contribution in [3.05, 3.63) is 0 Å². The molecule has 0 aromatic heterocycles. The quantitative estimate of drug-likeness (QED) is 0.666. The molecule has 1 rings (SSSR count). The zero-order valence-electron chi connectivity index (χ0n) is 10.5. The van der Waals surface area contributed by atoms with Crippen LogP contribution in [0.15, 0.2) is 0 Å². The number of aliphatic hydroxyl groups excluding tert-OH is 3. The molecule has 0 aliphatic heterocycles. The lowest BCUT2D eigenvalue weighted by Gasteiger charge is -2.38. The molecule has 0 bridgehead atoms. The SMILES string of the molecule is CC1CCC(C(C)C(CO)CO)CC1CO. The predicted octanol–water partition coefficient (Wildman–Crippen LogP) is 1.27. The topological polar surface area (TPSA) is 60.7 Å². The smallest absolute Gasteiger partial charge is 0.0483 e. The molecular weight excluding hydrogens is 204 g/mol. The van der Waals surface area contributed by atoms with Gasteiger partial charge in [0.25, 0.3) is 0 Å². The van der Waals surface area contributed by atoms with E-state index >= 15 is 0 Å². The Morgan fingerprint density at radius 3 is 2.25 bits per heavy atom. The lowest BCUT2D eigenvalue weighted by molar-refractivity contribution is 0.0414. The Kier molecular flexibility index (Phi) is 5.73. The summed E-state index contributed by atoms with van der Waals surface area (Å²) in [6.07, 6.45) is 3.36. The standard InChI is InChI=1S/C13H26O3/c1-9-3-4-11(5-12(9)6-14)10(2)13(7-15)8-16/h9-16H,3-8H2,1-2H3. The maximum atomic E-state index is 9.32. The van der Waals surface area contributed by atoms with Gasteiger partial charge in [-0.25, -0.2) is 0 Å². The van der Waals surface area contributed by atoms with Gasteiger partial charge in [0.2, 0.25) is 0 Å². The fourth-order valence-corrected chi connectivity index (χ4v) is 2.96. The molecule has 4 unspecified atom stereocenters. The van der Waals surface area contributed by atoms with Crippen molar-refractivity contribution in [2.45, 2.75) is 33.1 Å². The molecule has 1 saturated carbocycles. The van der Waals surface area contributed by atoms with Crippen molar-refractivity contribution >= 4 is 0 Å². The van der Waals surface area contributed by atoms with Crippen LogP contribution in [0.1, 0.15) is 33.1 Å². The summed E-state index contributed by atoms with van der Waals surface area (Å²) in [5.41, 5.74) is 0. The van der Waals surface area contributed by atoms with Crippen LogP contribution in [-0.4, -0.2) is 35.1 Å². The first-order valence-electron chi connectivity index (χ1n) is 6.46. The third-order valence-corrected chi connectivity index (χ3v) is 4.59. The first-order valence-corrected chi connectivity index (χ1v) is 6.46. The summed E-state index contributed by atoms with van der Waals surface area (Å²) in [6, 6.07) is 0. The van der Waals surface area contributed by atoms with E-state index in [-0.39, 0.29) is 25.7 Å². The van der Waals surface area contributed by atoms with E-state index in [4.69, 9.17) is 0 Å². The summed E-state index contributed by atoms with van der Waals surface area (Å²) in [6.45, 7) is 4.72. The second-order valence-electron chi connectivity index (χ2n) is 5.48. The summed E-state index contributed by atoms with van der Waals surface area (Å²) in [5, 5.41) is 27.7. The first-order chi connectivity index (χ1) is 7.63. The van der Waals surface area contributed by atoms with Gasteiger partial charge in [-0.15, -0.1) is 0 Å². The number of hydrogen-bond donors (Lipinski definition) is 3. The van der Waals surface area contributed by atoms with Crippen LogP contribution in [0.3, 0.4) is 0 Å². The predicted molar refractivity (Wildman–Crippen MR) is 63.9 cm³/mol. The van der Waals surface area contributed by atoms with E-state index in [1.54, 1.807) is 0 Å². The summed E-state index contributed by atoms with van der Waals surface area (Å²) < 4.78 is 0. The van der Waals surface area contributed by atoms with E-state index in [0.29, 0.717) is 23.7 Å². The highest BCUT2D eigenvalue weighted by atomic mass is 16.3. The Bertz CT molecular complexity index is 189. The minimum Gasteiger partial charge on any atom is -0.396 e. The Morgan fingerprint density at radius 2 is 1.75 bits per heavy atom. The number of rotatable bonds is 5. The van der Waals surface area contributed by atoms with Gasteiger partial charge in [-0.05, 0) is 36.5 Å². The van der Waals surface area contributed by atoms with Crippen LogP contribution in [0.25, 0.3) is 0 Å². The van der Waals surface area contributed by atoms with Crippen LogP contribution in [0.5, 0.6) is 0 Å². The zero-order valence-corrected chi connectivity index (χ0v) is 10.5. The van der Waals surface area contributed by atoms with Crippen LogP contribution in [0, 0.1) is 29.6 Å². The summed E-state index contributed by atoms with van der Waals surface area (Å²) >= 11 is 0. The van der Waals surface area contributed by atoms with Gasteiger partial charge in [0, 0.05) is 25.7 Å². The molecule has 4 atom stereocenters.